The zero-order valence-corrected chi connectivity index (χ0v) is 11.6. The molecular formula is C12H12ClN3OS. The first kappa shape index (κ1) is 13.1. The molecule has 0 N–H and O–H groups in total. The van der Waals surface area contributed by atoms with Gasteiger partial charge in [0, 0.05) is 17.6 Å². The zero-order valence-electron chi connectivity index (χ0n) is 10.0. The van der Waals surface area contributed by atoms with E-state index < -0.39 is 0 Å². The Balaban J connectivity index is 2.12. The fraction of sp³-hybridized carbons (Fsp3) is 0.250. The molecule has 0 aliphatic heterocycles. The third kappa shape index (κ3) is 2.91. The van der Waals surface area contributed by atoms with Gasteiger partial charge in [-0.1, -0.05) is 35.5 Å². The molecule has 0 aliphatic carbocycles. The van der Waals surface area contributed by atoms with Gasteiger partial charge in [0.2, 0.25) is 0 Å². The molecule has 0 amide bonds. The Morgan fingerprint density at radius 3 is 2.89 bits per heavy atom. The minimum absolute atomic E-state index is 0.0329. The van der Waals surface area contributed by atoms with Crippen molar-refractivity contribution in [2.45, 2.75) is 17.3 Å². The molecule has 1 unspecified atom stereocenters. The predicted molar refractivity (Wildman–Crippen MR) is 72.1 cm³/mol. The average molecular weight is 282 g/mol. The van der Waals surface area contributed by atoms with Gasteiger partial charge in [-0.25, -0.2) is 9.67 Å². The van der Waals surface area contributed by atoms with Crippen molar-refractivity contribution in [2.24, 2.45) is 7.05 Å². The van der Waals surface area contributed by atoms with E-state index in [1.807, 2.05) is 6.92 Å². The fourth-order valence-corrected chi connectivity index (χ4v) is 2.54. The summed E-state index contributed by atoms with van der Waals surface area (Å²) >= 11 is 7.26. The molecule has 1 heterocycles. The lowest BCUT2D eigenvalue weighted by atomic mass is 10.1. The molecule has 0 saturated carbocycles. The Kier molecular flexibility index (Phi) is 4.04. The highest BCUT2D eigenvalue weighted by atomic mass is 35.5. The molecule has 4 nitrogen and oxygen atoms in total. The number of Topliss-reactive ketones (excluding diaryl/α,β-unsaturated/α-hetero) is 1. The van der Waals surface area contributed by atoms with Crippen molar-refractivity contribution in [1.82, 2.24) is 14.8 Å². The molecule has 0 spiro atoms. The number of benzene rings is 1. The molecule has 1 atom stereocenters. The van der Waals surface area contributed by atoms with Gasteiger partial charge in [0.1, 0.15) is 6.33 Å². The predicted octanol–water partition coefficient (Wildman–Crippen LogP) is 2.83. The summed E-state index contributed by atoms with van der Waals surface area (Å²) in [6.45, 7) is 1.85. The van der Waals surface area contributed by atoms with Gasteiger partial charge in [0.05, 0.1) is 5.25 Å². The number of aryl methyl sites for hydroxylation is 1. The van der Waals surface area contributed by atoms with Crippen LogP contribution in [-0.2, 0) is 7.05 Å². The summed E-state index contributed by atoms with van der Waals surface area (Å²) in [6, 6.07) is 6.97. The summed E-state index contributed by atoms with van der Waals surface area (Å²) in [4.78, 5) is 16.3. The monoisotopic (exact) mass is 281 g/mol. The normalized spacial score (nSPS) is 12.4. The van der Waals surface area contributed by atoms with Gasteiger partial charge >= 0.3 is 0 Å². The lowest BCUT2D eigenvalue weighted by molar-refractivity contribution is 0.0994. The Hall–Kier alpha value is -1.33. The standard InChI is InChI=1S/C12H12ClN3OS/c1-8(18-12-14-7-15-16(12)2)11(17)9-4-3-5-10(13)6-9/h3-8H,1-2H3. The first-order valence-electron chi connectivity index (χ1n) is 5.38. The van der Waals surface area contributed by atoms with Crippen LogP contribution in [0.25, 0.3) is 0 Å². The lowest BCUT2D eigenvalue weighted by Gasteiger charge is -2.09. The van der Waals surface area contributed by atoms with Crippen LogP contribution in [0.3, 0.4) is 0 Å². The van der Waals surface area contributed by atoms with Crippen molar-refractivity contribution in [3.63, 3.8) is 0 Å². The number of carbonyl (C=O) groups is 1. The number of carbonyl (C=O) groups excluding carboxylic acids is 1. The zero-order chi connectivity index (χ0) is 13.1. The number of thioether (sulfide) groups is 1. The van der Waals surface area contributed by atoms with Crippen LogP contribution >= 0.6 is 23.4 Å². The molecule has 18 heavy (non-hydrogen) atoms. The van der Waals surface area contributed by atoms with Gasteiger partial charge in [0.25, 0.3) is 0 Å². The number of hydrogen-bond donors (Lipinski definition) is 0. The van der Waals surface area contributed by atoms with Crippen molar-refractivity contribution in [1.29, 1.82) is 0 Å². The second-order valence-corrected chi connectivity index (χ2v) is 5.55. The quantitative estimate of drug-likeness (QED) is 0.639. The number of ketones is 1. The Morgan fingerprint density at radius 1 is 1.50 bits per heavy atom. The Labute approximate surface area is 114 Å². The van der Waals surface area contributed by atoms with Crippen molar-refractivity contribution < 1.29 is 4.79 Å². The molecule has 6 heteroatoms. The minimum Gasteiger partial charge on any atom is -0.293 e. The van der Waals surface area contributed by atoms with Gasteiger partial charge in [-0.3, -0.25) is 4.79 Å². The van der Waals surface area contributed by atoms with Crippen LogP contribution < -0.4 is 0 Å². The molecular weight excluding hydrogens is 270 g/mol. The third-order valence-electron chi connectivity index (χ3n) is 2.43. The van der Waals surface area contributed by atoms with Gasteiger partial charge in [-0.15, -0.1) is 0 Å². The second-order valence-electron chi connectivity index (χ2n) is 3.80. The molecule has 0 fully saturated rings. The summed E-state index contributed by atoms with van der Waals surface area (Å²) in [5, 5.41) is 5.02. The van der Waals surface area contributed by atoms with Crippen molar-refractivity contribution in [2.75, 3.05) is 0 Å². The third-order valence-corrected chi connectivity index (χ3v) is 3.81. The first-order chi connectivity index (χ1) is 8.58. The fourth-order valence-electron chi connectivity index (χ4n) is 1.48. The summed E-state index contributed by atoms with van der Waals surface area (Å²) < 4.78 is 1.65. The van der Waals surface area contributed by atoms with E-state index in [1.165, 1.54) is 18.1 Å². The van der Waals surface area contributed by atoms with Gasteiger partial charge in [-0.05, 0) is 19.1 Å². The van der Waals surface area contributed by atoms with E-state index >= 15 is 0 Å². The van der Waals surface area contributed by atoms with Gasteiger partial charge in [0.15, 0.2) is 10.9 Å². The van der Waals surface area contributed by atoms with Gasteiger partial charge in [-0.2, -0.15) is 5.10 Å². The van der Waals surface area contributed by atoms with E-state index in [0.717, 1.165) is 5.16 Å². The maximum Gasteiger partial charge on any atom is 0.186 e. The number of nitrogens with zero attached hydrogens (tertiary/aromatic N) is 3. The van der Waals surface area contributed by atoms with Crippen LogP contribution in [0, 0.1) is 0 Å². The van der Waals surface area contributed by atoms with Crippen LogP contribution in [0.15, 0.2) is 35.7 Å². The number of hydrogen-bond acceptors (Lipinski definition) is 4. The molecule has 94 valence electrons. The molecule has 0 radical (unpaired) electrons. The maximum absolute atomic E-state index is 12.2. The van der Waals surface area contributed by atoms with Crippen molar-refractivity contribution in [3.05, 3.63) is 41.2 Å². The maximum atomic E-state index is 12.2. The Bertz CT molecular complexity index is 570. The highest BCUT2D eigenvalue weighted by Crippen LogP contribution is 2.23. The molecule has 1 aromatic carbocycles. The number of aromatic nitrogens is 3. The van der Waals surface area contributed by atoms with Crippen molar-refractivity contribution in [3.8, 4) is 0 Å². The first-order valence-corrected chi connectivity index (χ1v) is 6.64. The second kappa shape index (κ2) is 5.54. The topological polar surface area (TPSA) is 47.8 Å². The molecule has 0 bridgehead atoms. The van der Waals surface area contributed by atoms with Crippen molar-refractivity contribution >= 4 is 29.1 Å². The number of halogens is 1. The molecule has 0 aliphatic rings. The van der Waals surface area contributed by atoms with Crippen LogP contribution in [0.4, 0.5) is 0 Å². The van der Waals surface area contributed by atoms with Gasteiger partial charge < -0.3 is 0 Å². The largest absolute Gasteiger partial charge is 0.293 e. The van der Waals surface area contributed by atoms with Crippen LogP contribution in [-0.4, -0.2) is 25.8 Å². The molecule has 0 saturated heterocycles. The van der Waals surface area contributed by atoms with Crippen LogP contribution in [0.5, 0.6) is 0 Å². The lowest BCUT2D eigenvalue weighted by Crippen LogP contribution is -2.14. The van der Waals surface area contributed by atoms with E-state index in [9.17, 15) is 4.79 Å². The smallest absolute Gasteiger partial charge is 0.186 e. The highest BCUT2D eigenvalue weighted by molar-refractivity contribution is 8.00. The SMILES string of the molecule is CC(Sc1ncnn1C)C(=O)c1cccc(Cl)c1. The molecule has 1 aromatic heterocycles. The number of rotatable bonds is 4. The van der Waals surface area contributed by atoms with E-state index in [2.05, 4.69) is 10.1 Å². The summed E-state index contributed by atoms with van der Waals surface area (Å²) in [7, 11) is 1.80. The van der Waals surface area contributed by atoms with E-state index in [-0.39, 0.29) is 11.0 Å². The summed E-state index contributed by atoms with van der Waals surface area (Å²) in [6.07, 6.45) is 1.47. The van der Waals surface area contributed by atoms with Crippen LogP contribution in [0.2, 0.25) is 5.02 Å². The highest BCUT2D eigenvalue weighted by Gasteiger charge is 2.18. The summed E-state index contributed by atoms with van der Waals surface area (Å²) in [5.41, 5.74) is 0.615. The Morgan fingerprint density at radius 2 is 2.28 bits per heavy atom. The summed E-state index contributed by atoms with van der Waals surface area (Å²) in [5.74, 6) is 0.0329. The molecule has 2 rings (SSSR count). The average Bonchev–Trinajstić information content (AvgIpc) is 2.74. The van der Waals surface area contributed by atoms with E-state index in [0.29, 0.717) is 10.6 Å². The van der Waals surface area contributed by atoms with Crippen LogP contribution in [0.1, 0.15) is 17.3 Å². The molecule has 2 aromatic rings. The van der Waals surface area contributed by atoms with E-state index in [4.69, 9.17) is 11.6 Å². The van der Waals surface area contributed by atoms with E-state index in [1.54, 1.807) is 36.0 Å². The minimum atomic E-state index is -0.230.